The summed E-state index contributed by atoms with van der Waals surface area (Å²) in [5, 5.41) is 0. The number of nitrogens with two attached hydrogens (primary N) is 1. The summed E-state index contributed by atoms with van der Waals surface area (Å²) in [6.45, 7) is 2.16. The Bertz CT molecular complexity index is 405. The van der Waals surface area contributed by atoms with Crippen molar-refractivity contribution in [2.75, 3.05) is 0 Å². The molecular weight excluding hydrogens is 232 g/mol. The number of rotatable bonds is 3. The Morgan fingerprint density at radius 1 is 1.28 bits per heavy atom. The van der Waals surface area contributed by atoms with Crippen LogP contribution in [0.4, 0.5) is 8.78 Å². The van der Waals surface area contributed by atoms with Crippen molar-refractivity contribution < 1.29 is 8.78 Å². The van der Waals surface area contributed by atoms with E-state index in [1.165, 1.54) is 0 Å². The third-order valence-corrected chi connectivity index (χ3v) is 4.09. The first kappa shape index (κ1) is 13.5. The minimum atomic E-state index is -0.766. The molecular formula is C15H21F2N. The summed E-state index contributed by atoms with van der Waals surface area (Å²) in [6.07, 6.45) is 5.20. The molecule has 0 radical (unpaired) electrons. The summed E-state index contributed by atoms with van der Waals surface area (Å²) in [7, 11) is 0. The lowest BCUT2D eigenvalue weighted by atomic mass is 9.73. The number of benzene rings is 1. The lowest BCUT2D eigenvalue weighted by Gasteiger charge is -2.34. The van der Waals surface area contributed by atoms with Gasteiger partial charge in [0.05, 0.1) is 0 Å². The van der Waals surface area contributed by atoms with E-state index in [1.54, 1.807) is 12.1 Å². The Kier molecular flexibility index (Phi) is 4.33. The number of hydrogen-bond donors (Lipinski definition) is 1. The fourth-order valence-electron chi connectivity index (χ4n) is 3.12. The number of halogens is 2. The summed E-state index contributed by atoms with van der Waals surface area (Å²) in [5.74, 6) is -0.916. The van der Waals surface area contributed by atoms with E-state index in [4.69, 9.17) is 5.73 Å². The van der Waals surface area contributed by atoms with Crippen molar-refractivity contribution >= 4 is 0 Å². The molecule has 0 spiro atoms. The average Bonchev–Trinajstić information content (AvgIpc) is 2.36. The highest BCUT2D eigenvalue weighted by Gasteiger charge is 2.31. The Morgan fingerprint density at radius 2 is 2.06 bits per heavy atom. The third-order valence-electron chi connectivity index (χ3n) is 4.09. The molecule has 3 heteroatoms. The standard InChI is InChI=1S/C15H21F2N/c1-2-4-10-7-8-14(18)12(9-10)11-5-3-6-13(16)15(11)17/h3,5-6,10,12,14H,2,4,7-9,18H2,1H3. The van der Waals surface area contributed by atoms with Crippen molar-refractivity contribution in [3.63, 3.8) is 0 Å². The SMILES string of the molecule is CCCC1CCC(N)C(c2cccc(F)c2F)C1. The maximum absolute atomic E-state index is 13.8. The quantitative estimate of drug-likeness (QED) is 0.866. The largest absolute Gasteiger partial charge is 0.327 e. The predicted octanol–water partition coefficient (Wildman–Crippen LogP) is 3.98. The molecule has 1 aromatic rings. The van der Waals surface area contributed by atoms with E-state index in [2.05, 4.69) is 6.92 Å². The lowest BCUT2D eigenvalue weighted by Crippen LogP contribution is -2.35. The second-order valence-electron chi connectivity index (χ2n) is 5.38. The second-order valence-corrected chi connectivity index (χ2v) is 5.38. The maximum Gasteiger partial charge on any atom is 0.162 e. The van der Waals surface area contributed by atoms with Crippen LogP contribution >= 0.6 is 0 Å². The molecule has 3 atom stereocenters. The molecule has 0 aromatic heterocycles. The highest BCUT2D eigenvalue weighted by atomic mass is 19.2. The van der Waals surface area contributed by atoms with Crippen molar-refractivity contribution in [1.82, 2.24) is 0 Å². The van der Waals surface area contributed by atoms with Gasteiger partial charge in [0.25, 0.3) is 0 Å². The third kappa shape index (κ3) is 2.72. The first-order chi connectivity index (χ1) is 8.63. The van der Waals surface area contributed by atoms with Crippen LogP contribution in [-0.4, -0.2) is 6.04 Å². The topological polar surface area (TPSA) is 26.0 Å². The minimum absolute atomic E-state index is 0.0361. The number of hydrogen-bond acceptors (Lipinski definition) is 1. The maximum atomic E-state index is 13.8. The molecule has 1 nitrogen and oxygen atoms in total. The Hall–Kier alpha value is -0.960. The van der Waals surface area contributed by atoms with Crippen molar-refractivity contribution in [3.8, 4) is 0 Å². The van der Waals surface area contributed by atoms with Crippen LogP contribution < -0.4 is 5.73 Å². The van der Waals surface area contributed by atoms with Crippen LogP contribution in [0.2, 0.25) is 0 Å². The smallest absolute Gasteiger partial charge is 0.162 e. The van der Waals surface area contributed by atoms with Gasteiger partial charge in [0, 0.05) is 12.0 Å². The zero-order valence-corrected chi connectivity index (χ0v) is 10.8. The summed E-state index contributed by atoms with van der Waals surface area (Å²) < 4.78 is 27.1. The van der Waals surface area contributed by atoms with E-state index in [-0.39, 0.29) is 12.0 Å². The van der Waals surface area contributed by atoms with Crippen LogP contribution in [0, 0.1) is 17.6 Å². The van der Waals surface area contributed by atoms with Gasteiger partial charge in [-0.15, -0.1) is 0 Å². The van der Waals surface area contributed by atoms with E-state index >= 15 is 0 Å². The van der Waals surface area contributed by atoms with Gasteiger partial charge in [-0.05, 0) is 36.8 Å². The lowest BCUT2D eigenvalue weighted by molar-refractivity contribution is 0.269. The van der Waals surface area contributed by atoms with E-state index in [0.29, 0.717) is 11.5 Å². The van der Waals surface area contributed by atoms with Crippen LogP contribution in [0.3, 0.4) is 0 Å². The van der Waals surface area contributed by atoms with E-state index in [1.807, 2.05) is 0 Å². The van der Waals surface area contributed by atoms with Gasteiger partial charge in [-0.2, -0.15) is 0 Å². The Labute approximate surface area is 107 Å². The van der Waals surface area contributed by atoms with E-state index in [9.17, 15) is 8.78 Å². The molecule has 2 N–H and O–H groups in total. The van der Waals surface area contributed by atoms with Gasteiger partial charge in [-0.25, -0.2) is 8.78 Å². The molecule has 0 bridgehead atoms. The van der Waals surface area contributed by atoms with Crippen molar-refractivity contribution in [2.45, 2.75) is 51.0 Å². The molecule has 1 fully saturated rings. The van der Waals surface area contributed by atoms with Gasteiger partial charge in [0.1, 0.15) is 0 Å². The van der Waals surface area contributed by atoms with Crippen molar-refractivity contribution in [3.05, 3.63) is 35.4 Å². The average molecular weight is 253 g/mol. The minimum Gasteiger partial charge on any atom is -0.327 e. The van der Waals surface area contributed by atoms with Gasteiger partial charge in [-0.3, -0.25) is 0 Å². The molecule has 1 aromatic carbocycles. The van der Waals surface area contributed by atoms with Gasteiger partial charge in [0.2, 0.25) is 0 Å². The second kappa shape index (κ2) is 5.79. The molecule has 1 saturated carbocycles. The van der Waals surface area contributed by atoms with Crippen molar-refractivity contribution in [1.29, 1.82) is 0 Å². The predicted molar refractivity (Wildman–Crippen MR) is 69.3 cm³/mol. The highest BCUT2D eigenvalue weighted by molar-refractivity contribution is 5.25. The summed E-state index contributed by atoms with van der Waals surface area (Å²) >= 11 is 0. The van der Waals surface area contributed by atoms with Gasteiger partial charge in [0.15, 0.2) is 11.6 Å². The fraction of sp³-hybridized carbons (Fsp3) is 0.600. The first-order valence-electron chi connectivity index (χ1n) is 6.83. The molecule has 0 heterocycles. The zero-order chi connectivity index (χ0) is 13.1. The van der Waals surface area contributed by atoms with Crippen LogP contribution in [0.15, 0.2) is 18.2 Å². The monoisotopic (exact) mass is 253 g/mol. The molecule has 0 amide bonds. The zero-order valence-electron chi connectivity index (χ0n) is 10.8. The van der Waals surface area contributed by atoms with Gasteiger partial charge in [-0.1, -0.05) is 31.9 Å². The van der Waals surface area contributed by atoms with Crippen LogP contribution in [0.5, 0.6) is 0 Å². The van der Waals surface area contributed by atoms with E-state index in [0.717, 1.165) is 38.2 Å². The normalized spacial score (nSPS) is 28.3. The molecule has 1 aliphatic carbocycles. The summed E-state index contributed by atoms with van der Waals surface area (Å²) in [4.78, 5) is 0. The molecule has 3 unspecified atom stereocenters. The van der Waals surface area contributed by atoms with Gasteiger partial charge >= 0.3 is 0 Å². The van der Waals surface area contributed by atoms with Crippen molar-refractivity contribution in [2.24, 2.45) is 11.7 Å². The molecule has 1 aliphatic rings. The van der Waals surface area contributed by atoms with Crippen LogP contribution in [-0.2, 0) is 0 Å². The first-order valence-corrected chi connectivity index (χ1v) is 6.83. The Balaban J connectivity index is 2.21. The molecule has 2 rings (SSSR count). The molecule has 0 saturated heterocycles. The van der Waals surface area contributed by atoms with Gasteiger partial charge < -0.3 is 5.73 Å². The van der Waals surface area contributed by atoms with Crippen LogP contribution in [0.25, 0.3) is 0 Å². The van der Waals surface area contributed by atoms with E-state index < -0.39 is 11.6 Å². The Morgan fingerprint density at radius 3 is 2.78 bits per heavy atom. The molecule has 0 aliphatic heterocycles. The molecule has 18 heavy (non-hydrogen) atoms. The highest BCUT2D eigenvalue weighted by Crippen LogP contribution is 2.38. The summed E-state index contributed by atoms with van der Waals surface area (Å²) in [5.41, 5.74) is 6.56. The van der Waals surface area contributed by atoms with Crippen LogP contribution in [0.1, 0.15) is 50.5 Å². The summed E-state index contributed by atoms with van der Waals surface area (Å²) in [6, 6.07) is 4.37. The fourth-order valence-corrected chi connectivity index (χ4v) is 3.12. The molecule has 100 valence electrons.